The van der Waals surface area contributed by atoms with Crippen molar-refractivity contribution in [1.29, 1.82) is 0 Å². The van der Waals surface area contributed by atoms with Gasteiger partial charge in [-0.15, -0.1) is 11.3 Å². The molecule has 0 atom stereocenters. The molecule has 20 heavy (non-hydrogen) atoms. The minimum absolute atomic E-state index is 0.0289. The number of rotatable bonds is 6. The zero-order valence-corrected chi connectivity index (χ0v) is 12.1. The third-order valence-corrected chi connectivity index (χ3v) is 3.43. The molecule has 0 aliphatic rings. The van der Waals surface area contributed by atoms with Crippen LogP contribution in [0.15, 0.2) is 23.6 Å². The zero-order valence-electron chi connectivity index (χ0n) is 11.3. The Kier molecular flexibility index (Phi) is 5.03. The van der Waals surface area contributed by atoms with Gasteiger partial charge in [-0.1, -0.05) is 13.8 Å². The average molecular weight is 298 g/mol. The highest BCUT2D eigenvalue weighted by Crippen LogP contribution is 2.19. The smallest absolute Gasteiger partial charge is 0.167 e. The van der Waals surface area contributed by atoms with Crippen molar-refractivity contribution >= 4 is 11.3 Å². The Labute approximate surface area is 120 Å². The van der Waals surface area contributed by atoms with Crippen molar-refractivity contribution in [2.24, 2.45) is 0 Å². The van der Waals surface area contributed by atoms with Gasteiger partial charge in [0.15, 0.2) is 11.6 Å². The zero-order chi connectivity index (χ0) is 14.5. The molecule has 6 heteroatoms. The van der Waals surface area contributed by atoms with Gasteiger partial charge >= 0.3 is 0 Å². The molecule has 3 nitrogen and oxygen atoms in total. The number of nitrogens with zero attached hydrogens (tertiary/aromatic N) is 1. The Morgan fingerprint density at radius 3 is 2.85 bits per heavy atom. The second-order valence-electron chi connectivity index (χ2n) is 4.63. The quantitative estimate of drug-likeness (QED) is 0.886. The van der Waals surface area contributed by atoms with Crippen molar-refractivity contribution in [3.8, 4) is 5.75 Å². The van der Waals surface area contributed by atoms with E-state index < -0.39 is 11.6 Å². The first-order valence-corrected chi connectivity index (χ1v) is 7.17. The summed E-state index contributed by atoms with van der Waals surface area (Å²) < 4.78 is 31.4. The van der Waals surface area contributed by atoms with E-state index in [4.69, 9.17) is 4.74 Å². The van der Waals surface area contributed by atoms with Crippen LogP contribution in [0.25, 0.3) is 0 Å². The molecule has 0 fully saturated rings. The number of ether oxygens (including phenoxy) is 1. The lowest BCUT2D eigenvalue weighted by molar-refractivity contribution is 0.285. The fourth-order valence-corrected chi connectivity index (χ4v) is 2.26. The third kappa shape index (κ3) is 4.25. The van der Waals surface area contributed by atoms with Crippen molar-refractivity contribution in [1.82, 2.24) is 10.3 Å². The third-order valence-electron chi connectivity index (χ3n) is 2.53. The van der Waals surface area contributed by atoms with Gasteiger partial charge < -0.3 is 10.1 Å². The summed E-state index contributed by atoms with van der Waals surface area (Å²) in [6.45, 7) is 5.00. The average Bonchev–Trinajstić information content (AvgIpc) is 2.83. The molecule has 1 N–H and O–H groups in total. The first kappa shape index (κ1) is 14.9. The summed E-state index contributed by atoms with van der Waals surface area (Å²) in [6, 6.07) is 3.64. The molecule has 0 bridgehead atoms. The van der Waals surface area contributed by atoms with E-state index in [-0.39, 0.29) is 12.4 Å². The van der Waals surface area contributed by atoms with E-state index in [0.717, 1.165) is 22.8 Å². The van der Waals surface area contributed by atoms with Crippen LogP contribution in [0.3, 0.4) is 0 Å². The van der Waals surface area contributed by atoms with Crippen LogP contribution < -0.4 is 10.1 Å². The lowest BCUT2D eigenvalue weighted by Gasteiger charge is -2.06. The molecule has 1 heterocycles. The van der Waals surface area contributed by atoms with Gasteiger partial charge in [0.2, 0.25) is 0 Å². The summed E-state index contributed by atoms with van der Waals surface area (Å²) in [5.41, 5.74) is 0.735. The number of hydrogen-bond donors (Lipinski definition) is 1. The van der Waals surface area contributed by atoms with E-state index in [1.165, 1.54) is 17.4 Å². The van der Waals surface area contributed by atoms with Gasteiger partial charge in [0.05, 0.1) is 5.69 Å². The maximum atomic E-state index is 13.4. The lowest BCUT2D eigenvalue weighted by Crippen LogP contribution is -2.21. The van der Waals surface area contributed by atoms with Crippen LogP contribution in [0.2, 0.25) is 0 Å². The number of thiazole rings is 1. The predicted molar refractivity (Wildman–Crippen MR) is 74.8 cm³/mol. The molecule has 2 aromatic rings. The molecule has 1 aromatic carbocycles. The van der Waals surface area contributed by atoms with Gasteiger partial charge in [0.25, 0.3) is 0 Å². The minimum atomic E-state index is -0.707. The molecule has 0 radical (unpaired) electrons. The Bertz CT molecular complexity index is 572. The van der Waals surface area contributed by atoms with Crippen LogP contribution in [0.1, 0.15) is 24.5 Å². The maximum Gasteiger partial charge on any atom is 0.167 e. The van der Waals surface area contributed by atoms with Gasteiger partial charge in [-0.05, 0) is 12.1 Å². The lowest BCUT2D eigenvalue weighted by atomic mass is 10.3. The molecule has 2 rings (SSSR count). The largest absolute Gasteiger partial charge is 0.484 e. The summed E-state index contributed by atoms with van der Waals surface area (Å²) in [5.74, 6) is -1.30. The van der Waals surface area contributed by atoms with Crippen LogP contribution >= 0.6 is 11.3 Å². The van der Waals surface area contributed by atoms with Crippen LogP contribution in [0.5, 0.6) is 5.75 Å². The van der Waals surface area contributed by atoms with E-state index in [0.29, 0.717) is 12.6 Å². The van der Waals surface area contributed by atoms with E-state index in [1.54, 1.807) is 0 Å². The van der Waals surface area contributed by atoms with Gasteiger partial charge in [-0.25, -0.2) is 13.8 Å². The molecular weight excluding hydrogens is 282 g/mol. The first-order chi connectivity index (χ1) is 9.54. The predicted octanol–water partition coefficient (Wildman–Crippen LogP) is 3.50. The maximum absolute atomic E-state index is 13.4. The van der Waals surface area contributed by atoms with E-state index in [9.17, 15) is 8.78 Å². The Balaban J connectivity index is 1.90. The number of aromatic nitrogens is 1. The fourth-order valence-electron chi connectivity index (χ4n) is 1.53. The van der Waals surface area contributed by atoms with E-state index >= 15 is 0 Å². The van der Waals surface area contributed by atoms with Crippen LogP contribution in [-0.4, -0.2) is 11.0 Å². The summed E-state index contributed by atoms with van der Waals surface area (Å²) in [5, 5.41) is 6.10. The molecule has 0 aliphatic heterocycles. The fraction of sp³-hybridized carbons (Fsp3) is 0.357. The van der Waals surface area contributed by atoms with Crippen LogP contribution in [-0.2, 0) is 13.2 Å². The monoisotopic (exact) mass is 298 g/mol. The first-order valence-electron chi connectivity index (χ1n) is 6.29. The Morgan fingerprint density at radius 1 is 1.35 bits per heavy atom. The van der Waals surface area contributed by atoms with Gasteiger partial charge in [-0.3, -0.25) is 0 Å². The Morgan fingerprint density at radius 2 is 2.15 bits per heavy atom. The summed E-state index contributed by atoms with van der Waals surface area (Å²) in [7, 11) is 0. The molecule has 108 valence electrons. The van der Waals surface area contributed by atoms with Crippen LogP contribution in [0, 0.1) is 11.6 Å². The van der Waals surface area contributed by atoms with Crippen molar-refractivity contribution in [2.45, 2.75) is 33.0 Å². The number of benzene rings is 1. The molecule has 0 spiro atoms. The van der Waals surface area contributed by atoms with E-state index in [1.807, 2.05) is 5.38 Å². The molecule has 0 saturated carbocycles. The molecule has 0 amide bonds. The van der Waals surface area contributed by atoms with Gasteiger partial charge in [0.1, 0.15) is 17.4 Å². The second kappa shape index (κ2) is 6.76. The van der Waals surface area contributed by atoms with E-state index in [2.05, 4.69) is 24.1 Å². The molecule has 0 aliphatic carbocycles. The van der Waals surface area contributed by atoms with Gasteiger partial charge in [0, 0.05) is 24.0 Å². The number of halogens is 2. The topological polar surface area (TPSA) is 34.2 Å². The molecule has 0 unspecified atom stereocenters. The minimum Gasteiger partial charge on any atom is -0.484 e. The molecule has 1 aromatic heterocycles. The van der Waals surface area contributed by atoms with Crippen molar-refractivity contribution in [3.05, 3.63) is 45.9 Å². The highest BCUT2D eigenvalue weighted by atomic mass is 32.1. The number of nitrogens with one attached hydrogen (secondary N) is 1. The SMILES string of the molecule is CC(C)NCc1nc(COc2ccc(F)cc2F)cs1. The second-order valence-corrected chi connectivity index (χ2v) is 5.57. The normalized spacial score (nSPS) is 11.1. The van der Waals surface area contributed by atoms with Crippen molar-refractivity contribution < 1.29 is 13.5 Å². The highest BCUT2D eigenvalue weighted by molar-refractivity contribution is 7.09. The molecular formula is C14H16F2N2OS. The van der Waals surface area contributed by atoms with Crippen molar-refractivity contribution in [2.75, 3.05) is 0 Å². The Hall–Kier alpha value is -1.53. The number of hydrogen-bond acceptors (Lipinski definition) is 4. The standard InChI is InChI=1S/C14H16F2N2OS/c1-9(2)17-6-14-18-11(8-20-14)7-19-13-4-3-10(15)5-12(13)16/h3-5,8-9,17H,6-7H2,1-2H3. The molecule has 0 saturated heterocycles. The summed E-state index contributed by atoms with van der Waals surface area (Å²) in [6.07, 6.45) is 0. The summed E-state index contributed by atoms with van der Waals surface area (Å²) in [4.78, 5) is 4.38. The summed E-state index contributed by atoms with van der Waals surface area (Å²) >= 11 is 1.53. The van der Waals surface area contributed by atoms with Crippen molar-refractivity contribution in [3.63, 3.8) is 0 Å². The van der Waals surface area contributed by atoms with Crippen LogP contribution in [0.4, 0.5) is 8.78 Å². The van der Waals surface area contributed by atoms with Gasteiger partial charge in [-0.2, -0.15) is 0 Å². The highest BCUT2D eigenvalue weighted by Gasteiger charge is 2.07.